The van der Waals surface area contributed by atoms with Crippen LogP contribution in [0.2, 0.25) is 0 Å². The van der Waals surface area contributed by atoms with Gasteiger partial charge in [-0.05, 0) is 19.1 Å². The van der Waals surface area contributed by atoms with E-state index in [0.717, 1.165) is 0 Å². The highest BCUT2D eigenvalue weighted by molar-refractivity contribution is 7.89. The lowest BCUT2D eigenvalue weighted by Gasteiger charge is -2.07. The number of sulfonamides is 1. The third-order valence-corrected chi connectivity index (χ3v) is 2.83. The summed E-state index contributed by atoms with van der Waals surface area (Å²) in [5.41, 5.74) is 0. The Morgan fingerprint density at radius 1 is 1.25 bits per heavy atom. The first-order valence-corrected chi connectivity index (χ1v) is 5.65. The van der Waals surface area contributed by atoms with Crippen molar-refractivity contribution in [1.29, 1.82) is 0 Å². The Labute approximate surface area is 90.0 Å². The van der Waals surface area contributed by atoms with Gasteiger partial charge in [-0.15, -0.1) is 0 Å². The molecule has 8 heteroatoms. The minimum Gasteiger partial charge on any atom is -0.287 e. The zero-order valence-electron chi connectivity index (χ0n) is 8.13. The molecule has 0 amide bonds. The van der Waals surface area contributed by atoms with E-state index in [9.17, 15) is 21.6 Å². The van der Waals surface area contributed by atoms with E-state index < -0.39 is 32.4 Å². The second-order valence-corrected chi connectivity index (χ2v) is 4.31. The predicted molar refractivity (Wildman–Crippen MR) is 48.3 cm³/mol. The fourth-order valence-corrected chi connectivity index (χ4v) is 1.83. The quantitative estimate of drug-likeness (QED) is 0.652. The number of hydrogen-bond acceptors (Lipinski definition) is 3. The number of rotatable bonds is 4. The van der Waals surface area contributed by atoms with Crippen LogP contribution in [0.1, 0.15) is 6.92 Å². The van der Waals surface area contributed by atoms with Gasteiger partial charge in [0.15, 0.2) is 17.5 Å². The van der Waals surface area contributed by atoms with Gasteiger partial charge >= 0.3 is 0 Å². The van der Waals surface area contributed by atoms with Crippen LogP contribution in [0.5, 0.6) is 0 Å². The molecule has 1 aromatic rings. The van der Waals surface area contributed by atoms with Crippen molar-refractivity contribution in [3.8, 4) is 0 Å². The zero-order valence-corrected chi connectivity index (χ0v) is 8.95. The summed E-state index contributed by atoms with van der Waals surface area (Å²) in [7, 11) is -4.35. The minimum atomic E-state index is -4.35. The van der Waals surface area contributed by atoms with Gasteiger partial charge in [-0.2, -0.15) is 0 Å². The van der Waals surface area contributed by atoms with Crippen LogP contribution in [0, 0.1) is 17.5 Å². The van der Waals surface area contributed by atoms with E-state index in [1.807, 2.05) is 0 Å². The topological polar surface area (TPSA) is 55.4 Å². The largest absolute Gasteiger partial charge is 0.287 e. The summed E-state index contributed by atoms with van der Waals surface area (Å²) in [6.07, 6.45) is 0. The summed E-state index contributed by atoms with van der Waals surface area (Å²) in [5, 5.41) is 0. The Bertz CT molecular complexity index is 490. The van der Waals surface area contributed by atoms with E-state index in [0.29, 0.717) is 12.1 Å². The highest BCUT2D eigenvalue weighted by atomic mass is 32.2. The van der Waals surface area contributed by atoms with Gasteiger partial charge in [-0.25, -0.2) is 21.6 Å². The number of hydrogen-bond donors (Lipinski definition) is 1. The Kier molecular flexibility index (Phi) is 3.89. The molecular formula is C8H8F3NO3S. The maximum absolute atomic E-state index is 13.1. The van der Waals surface area contributed by atoms with E-state index in [1.54, 1.807) is 4.89 Å². The molecule has 1 rings (SSSR count). The van der Waals surface area contributed by atoms with Crippen molar-refractivity contribution in [3.63, 3.8) is 0 Å². The van der Waals surface area contributed by atoms with Gasteiger partial charge in [0.05, 0.1) is 6.61 Å². The van der Waals surface area contributed by atoms with E-state index in [4.69, 9.17) is 0 Å². The summed E-state index contributed by atoms with van der Waals surface area (Å²) < 4.78 is 61.0. The summed E-state index contributed by atoms with van der Waals surface area (Å²) in [4.78, 5) is 4.90. The van der Waals surface area contributed by atoms with Crippen molar-refractivity contribution >= 4 is 10.0 Å². The van der Waals surface area contributed by atoms with Crippen molar-refractivity contribution in [1.82, 2.24) is 4.89 Å². The Morgan fingerprint density at radius 2 is 1.88 bits per heavy atom. The fourth-order valence-electron chi connectivity index (χ4n) is 0.897. The molecule has 0 fully saturated rings. The average molecular weight is 255 g/mol. The molecule has 0 aliphatic rings. The molecule has 16 heavy (non-hydrogen) atoms. The highest BCUT2D eigenvalue weighted by Gasteiger charge is 2.23. The molecule has 0 radical (unpaired) electrons. The molecule has 0 aliphatic heterocycles. The standard InChI is InChI=1S/C8H8F3NO3S/c1-2-15-12-16(13,14)6-4-3-5(9)7(10)8(6)11/h3-4,12H,2H2,1H3. The van der Waals surface area contributed by atoms with Crippen LogP contribution in [-0.4, -0.2) is 15.0 Å². The molecule has 90 valence electrons. The first kappa shape index (κ1) is 12.9. The SMILES string of the molecule is CCONS(=O)(=O)c1ccc(F)c(F)c1F. The van der Waals surface area contributed by atoms with Gasteiger partial charge in [0.25, 0.3) is 10.0 Å². The van der Waals surface area contributed by atoms with E-state index in [-0.39, 0.29) is 6.61 Å². The molecule has 0 atom stereocenters. The fraction of sp³-hybridized carbons (Fsp3) is 0.250. The summed E-state index contributed by atoms with van der Waals surface area (Å²) >= 11 is 0. The van der Waals surface area contributed by atoms with Crippen molar-refractivity contribution < 1.29 is 26.4 Å². The van der Waals surface area contributed by atoms with Crippen LogP contribution >= 0.6 is 0 Å². The third-order valence-electron chi connectivity index (χ3n) is 1.60. The molecular weight excluding hydrogens is 247 g/mol. The van der Waals surface area contributed by atoms with Crippen LogP contribution in [-0.2, 0) is 14.9 Å². The highest BCUT2D eigenvalue weighted by Crippen LogP contribution is 2.19. The maximum Gasteiger partial charge on any atom is 0.265 e. The van der Waals surface area contributed by atoms with E-state index in [1.165, 1.54) is 6.92 Å². The Hall–Kier alpha value is -1.12. The summed E-state index contributed by atoms with van der Waals surface area (Å²) in [6.45, 7) is 1.49. The second-order valence-electron chi connectivity index (χ2n) is 2.69. The maximum atomic E-state index is 13.1. The minimum absolute atomic E-state index is 0.00449. The van der Waals surface area contributed by atoms with E-state index in [2.05, 4.69) is 4.84 Å². The molecule has 0 saturated carbocycles. The zero-order chi connectivity index (χ0) is 12.3. The first-order chi connectivity index (χ1) is 7.40. The number of benzene rings is 1. The normalized spacial score (nSPS) is 11.8. The second kappa shape index (κ2) is 4.81. The van der Waals surface area contributed by atoms with Crippen LogP contribution in [0.15, 0.2) is 17.0 Å². The van der Waals surface area contributed by atoms with Crippen LogP contribution in [0.3, 0.4) is 0 Å². The van der Waals surface area contributed by atoms with Gasteiger partial charge in [0.2, 0.25) is 0 Å². The Morgan fingerprint density at radius 3 is 2.44 bits per heavy atom. The molecule has 0 saturated heterocycles. The van der Waals surface area contributed by atoms with Crippen molar-refractivity contribution in [2.45, 2.75) is 11.8 Å². The average Bonchev–Trinajstić information content (AvgIpc) is 2.23. The van der Waals surface area contributed by atoms with Gasteiger partial charge < -0.3 is 0 Å². The number of halogens is 3. The van der Waals surface area contributed by atoms with Crippen LogP contribution in [0.4, 0.5) is 13.2 Å². The molecule has 0 heterocycles. The summed E-state index contributed by atoms with van der Waals surface area (Å²) in [5.74, 6) is -5.10. The van der Waals surface area contributed by atoms with Crippen molar-refractivity contribution in [3.05, 3.63) is 29.6 Å². The molecule has 0 bridgehead atoms. The first-order valence-electron chi connectivity index (χ1n) is 4.17. The van der Waals surface area contributed by atoms with Crippen molar-refractivity contribution in [2.24, 2.45) is 0 Å². The third kappa shape index (κ3) is 2.52. The van der Waals surface area contributed by atoms with Crippen LogP contribution < -0.4 is 4.89 Å². The lowest BCUT2D eigenvalue weighted by Crippen LogP contribution is -2.25. The van der Waals surface area contributed by atoms with Crippen LogP contribution in [0.25, 0.3) is 0 Å². The molecule has 1 aromatic carbocycles. The molecule has 4 nitrogen and oxygen atoms in total. The van der Waals surface area contributed by atoms with Gasteiger partial charge in [0.1, 0.15) is 4.90 Å². The monoisotopic (exact) mass is 255 g/mol. The van der Waals surface area contributed by atoms with E-state index >= 15 is 0 Å². The number of nitrogens with one attached hydrogen (secondary N) is 1. The van der Waals surface area contributed by atoms with Crippen molar-refractivity contribution in [2.75, 3.05) is 6.61 Å². The molecule has 0 aromatic heterocycles. The molecule has 0 aliphatic carbocycles. The molecule has 0 spiro atoms. The van der Waals surface area contributed by atoms with Gasteiger partial charge in [-0.3, -0.25) is 4.84 Å². The van der Waals surface area contributed by atoms with Gasteiger partial charge in [0, 0.05) is 0 Å². The Balaban J connectivity index is 3.19. The lowest BCUT2D eigenvalue weighted by atomic mass is 10.3. The smallest absolute Gasteiger partial charge is 0.265 e. The summed E-state index contributed by atoms with van der Waals surface area (Å²) in [6, 6.07) is 1.12. The molecule has 1 N–H and O–H groups in total. The predicted octanol–water partition coefficient (Wildman–Crippen LogP) is 1.33. The van der Waals surface area contributed by atoms with Gasteiger partial charge in [-0.1, -0.05) is 4.89 Å². The molecule has 0 unspecified atom stereocenters. The lowest BCUT2D eigenvalue weighted by molar-refractivity contribution is 0.105.